The summed E-state index contributed by atoms with van der Waals surface area (Å²) in [7, 11) is 1.72. The van der Waals surface area contributed by atoms with Crippen molar-refractivity contribution in [1.29, 1.82) is 0 Å². The van der Waals surface area contributed by atoms with E-state index in [2.05, 4.69) is 78.1 Å². The number of nitrogens with one attached hydrogen (secondary N) is 1. The van der Waals surface area contributed by atoms with Crippen LogP contribution in [-0.2, 0) is 13.1 Å². The molecule has 0 aliphatic carbocycles. The molecule has 0 saturated carbocycles. The van der Waals surface area contributed by atoms with Gasteiger partial charge in [-0.3, -0.25) is 4.48 Å². The fourth-order valence-electron chi connectivity index (χ4n) is 3.63. The Hall–Kier alpha value is -2.30. The van der Waals surface area contributed by atoms with Crippen molar-refractivity contribution in [2.75, 3.05) is 13.7 Å². The number of fused-ring (bicyclic) bond motifs is 1. The Bertz CT molecular complexity index is 930. The highest BCUT2D eigenvalue weighted by Gasteiger charge is 2.27. The van der Waals surface area contributed by atoms with Crippen LogP contribution >= 0.6 is 0 Å². The molecular weight excluding hydrogens is 388 g/mol. The number of methoxy groups -OCH3 is 1. The number of ether oxygens (including phenoxy) is 1. The van der Waals surface area contributed by atoms with Crippen LogP contribution in [0.25, 0.3) is 10.9 Å². The highest BCUT2D eigenvalue weighted by atomic mass is 79.9. The van der Waals surface area contributed by atoms with Gasteiger partial charge in [0.1, 0.15) is 25.4 Å². The number of hydrogen-bond donors (Lipinski definition) is 1. The highest BCUT2D eigenvalue weighted by Crippen LogP contribution is 2.29. The van der Waals surface area contributed by atoms with Gasteiger partial charge >= 0.3 is 0 Å². The van der Waals surface area contributed by atoms with Crippen molar-refractivity contribution in [2.45, 2.75) is 13.1 Å². The van der Waals surface area contributed by atoms with Crippen molar-refractivity contribution in [1.82, 2.24) is 4.98 Å². The van der Waals surface area contributed by atoms with Gasteiger partial charge in [-0.25, -0.2) is 0 Å². The Morgan fingerprint density at radius 3 is 2.62 bits per heavy atom. The molecule has 2 heterocycles. The SMILES string of the molecule is COc1ccc2[nH]cc(C[N+]3(Cc4ccccc4)C=CC=CC3)c2c1.[Br-]. The zero-order valence-corrected chi connectivity index (χ0v) is 16.4. The van der Waals surface area contributed by atoms with Gasteiger partial charge in [0.15, 0.2) is 0 Å². The minimum absolute atomic E-state index is 0. The zero-order chi connectivity index (χ0) is 17.1. The van der Waals surface area contributed by atoms with Crippen molar-refractivity contribution in [3.05, 3.63) is 90.3 Å². The van der Waals surface area contributed by atoms with Gasteiger partial charge in [0.05, 0.1) is 13.3 Å². The second kappa shape index (κ2) is 7.94. The molecule has 2 aromatic carbocycles. The highest BCUT2D eigenvalue weighted by molar-refractivity contribution is 5.84. The summed E-state index contributed by atoms with van der Waals surface area (Å²) in [6.07, 6.45) is 11.0. The Labute approximate surface area is 165 Å². The number of benzene rings is 2. The Morgan fingerprint density at radius 1 is 1.04 bits per heavy atom. The summed E-state index contributed by atoms with van der Waals surface area (Å²) in [5, 5.41) is 1.24. The van der Waals surface area contributed by atoms with E-state index in [0.717, 1.165) is 35.4 Å². The summed E-state index contributed by atoms with van der Waals surface area (Å²) >= 11 is 0. The van der Waals surface area contributed by atoms with E-state index in [4.69, 9.17) is 4.74 Å². The third-order valence-corrected chi connectivity index (χ3v) is 4.92. The summed E-state index contributed by atoms with van der Waals surface area (Å²) in [6.45, 7) is 2.93. The second-order valence-corrected chi connectivity index (χ2v) is 6.70. The Morgan fingerprint density at radius 2 is 1.88 bits per heavy atom. The lowest BCUT2D eigenvalue weighted by Crippen LogP contribution is -3.00. The van der Waals surface area contributed by atoms with E-state index in [0.29, 0.717) is 0 Å². The van der Waals surface area contributed by atoms with Crippen LogP contribution in [0.15, 0.2) is 79.2 Å². The third kappa shape index (κ3) is 3.76. The van der Waals surface area contributed by atoms with Crippen molar-refractivity contribution in [2.24, 2.45) is 0 Å². The average Bonchev–Trinajstić information content (AvgIpc) is 3.05. The van der Waals surface area contributed by atoms with Crippen molar-refractivity contribution in [3.63, 3.8) is 0 Å². The lowest BCUT2D eigenvalue weighted by Gasteiger charge is -2.35. The number of rotatable bonds is 5. The first-order valence-electron chi connectivity index (χ1n) is 8.66. The van der Waals surface area contributed by atoms with Crippen LogP contribution in [0.1, 0.15) is 11.1 Å². The predicted octanol–water partition coefficient (Wildman–Crippen LogP) is 1.78. The van der Waals surface area contributed by atoms with Gasteiger partial charge in [-0.2, -0.15) is 0 Å². The normalized spacial score (nSPS) is 18.7. The lowest BCUT2D eigenvalue weighted by atomic mass is 10.1. The number of aromatic nitrogens is 1. The minimum atomic E-state index is 0. The van der Waals surface area contributed by atoms with E-state index >= 15 is 0 Å². The maximum absolute atomic E-state index is 5.41. The predicted molar refractivity (Wildman–Crippen MR) is 102 cm³/mol. The average molecular weight is 411 g/mol. The maximum atomic E-state index is 5.41. The molecule has 0 amide bonds. The van der Waals surface area contributed by atoms with Gasteiger partial charge in [0, 0.05) is 28.2 Å². The maximum Gasteiger partial charge on any atom is 0.119 e. The van der Waals surface area contributed by atoms with E-state index < -0.39 is 0 Å². The smallest absolute Gasteiger partial charge is 0.119 e. The number of allylic oxidation sites excluding steroid dienone is 2. The zero-order valence-electron chi connectivity index (χ0n) is 14.9. The van der Waals surface area contributed by atoms with Gasteiger partial charge in [0.2, 0.25) is 0 Å². The van der Waals surface area contributed by atoms with Crippen LogP contribution in [0, 0.1) is 0 Å². The molecule has 4 heteroatoms. The Balaban J connectivity index is 0.00000196. The monoisotopic (exact) mass is 410 g/mol. The number of quaternary nitrogens is 1. The summed E-state index contributed by atoms with van der Waals surface area (Å²) in [5.41, 5.74) is 3.84. The first-order chi connectivity index (χ1) is 12.3. The standard InChI is InChI=1S/C22H23N2O.BrH/c1-25-20-10-11-22-21(14-20)19(15-23-22)17-24(12-6-3-7-13-24)16-18-8-4-2-5-9-18;/h2-12,14-15,23H,13,16-17H2,1H3;1H/q+1;/p-1. The molecule has 0 spiro atoms. The summed E-state index contributed by atoms with van der Waals surface area (Å²) < 4.78 is 6.31. The van der Waals surface area contributed by atoms with Crippen molar-refractivity contribution >= 4 is 10.9 Å². The van der Waals surface area contributed by atoms with Crippen molar-refractivity contribution < 1.29 is 26.2 Å². The molecule has 1 N–H and O–H groups in total. The summed E-state index contributed by atoms with van der Waals surface area (Å²) in [4.78, 5) is 3.40. The summed E-state index contributed by atoms with van der Waals surface area (Å²) in [5.74, 6) is 0.900. The van der Waals surface area contributed by atoms with Crippen LogP contribution in [0.2, 0.25) is 0 Å². The molecule has 1 aromatic heterocycles. The molecule has 1 atom stereocenters. The van der Waals surface area contributed by atoms with E-state index in [1.54, 1.807) is 7.11 Å². The molecule has 3 nitrogen and oxygen atoms in total. The lowest BCUT2D eigenvalue weighted by molar-refractivity contribution is -0.901. The molecule has 1 aliphatic rings. The molecular formula is C22H23BrN2O. The van der Waals surface area contributed by atoms with Gasteiger partial charge in [0.25, 0.3) is 0 Å². The fraction of sp³-hybridized carbons (Fsp3) is 0.182. The van der Waals surface area contributed by atoms with Crippen LogP contribution in [-0.4, -0.2) is 23.1 Å². The van der Waals surface area contributed by atoms with Crippen LogP contribution < -0.4 is 21.7 Å². The number of halogens is 1. The number of nitrogens with zero attached hydrogens (tertiary/aromatic N) is 1. The largest absolute Gasteiger partial charge is 1.00 e. The van der Waals surface area contributed by atoms with Gasteiger partial charge in [-0.15, -0.1) is 0 Å². The van der Waals surface area contributed by atoms with Crippen molar-refractivity contribution in [3.8, 4) is 5.75 Å². The van der Waals surface area contributed by atoms with Crippen LogP contribution in [0.3, 0.4) is 0 Å². The molecule has 0 fully saturated rings. The number of aromatic amines is 1. The molecule has 1 aliphatic heterocycles. The molecule has 134 valence electrons. The van der Waals surface area contributed by atoms with Crippen LogP contribution in [0.4, 0.5) is 0 Å². The van der Waals surface area contributed by atoms with E-state index in [9.17, 15) is 0 Å². The summed E-state index contributed by atoms with van der Waals surface area (Å²) in [6, 6.07) is 17.0. The quantitative estimate of drug-likeness (QED) is 0.637. The first-order valence-corrected chi connectivity index (χ1v) is 8.66. The van der Waals surface area contributed by atoms with Crippen LogP contribution in [0.5, 0.6) is 5.75 Å². The molecule has 0 radical (unpaired) electrons. The topological polar surface area (TPSA) is 25.0 Å². The molecule has 26 heavy (non-hydrogen) atoms. The number of H-pyrrole nitrogens is 1. The molecule has 0 bridgehead atoms. The minimum Gasteiger partial charge on any atom is -1.00 e. The fourth-order valence-corrected chi connectivity index (χ4v) is 3.63. The first kappa shape index (κ1) is 18.5. The molecule has 3 aromatic rings. The Kier molecular flexibility index (Phi) is 5.64. The third-order valence-electron chi connectivity index (χ3n) is 4.92. The van der Waals surface area contributed by atoms with E-state index in [1.165, 1.54) is 16.5 Å². The van der Waals surface area contributed by atoms with Gasteiger partial charge in [-0.05, 0) is 30.4 Å². The van der Waals surface area contributed by atoms with E-state index in [-0.39, 0.29) is 17.0 Å². The molecule has 4 rings (SSSR count). The number of hydrogen-bond acceptors (Lipinski definition) is 1. The van der Waals surface area contributed by atoms with Gasteiger partial charge < -0.3 is 26.7 Å². The molecule has 1 unspecified atom stereocenters. The molecule has 0 saturated heterocycles. The van der Waals surface area contributed by atoms with E-state index in [1.807, 2.05) is 6.07 Å². The van der Waals surface area contributed by atoms with Gasteiger partial charge in [-0.1, -0.05) is 36.4 Å². The second-order valence-electron chi connectivity index (χ2n) is 6.70.